The molecule has 0 fully saturated rings. The number of hydrogen-bond acceptors (Lipinski definition) is 4. The Morgan fingerprint density at radius 1 is 1.03 bits per heavy atom. The molecule has 1 atom stereocenters. The van der Waals surface area contributed by atoms with Crippen molar-refractivity contribution >= 4 is 18.0 Å². The van der Waals surface area contributed by atoms with Crippen molar-refractivity contribution in [2.45, 2.75) is 44.6 Å². The Bertz CT molecular complexity index is 984. The summed E-state index contributed by atoms with van der Waals surface area (Å²) in [5.74, 6) is -1.95. The third kappa shape index (κ3) is 6.09. The molecule has 1 unspecified atom stereocenters. The van der Waals surface area contributed by atoms with Gasteiger partial charge in [0.05, 0.1) is 12.8 Å². The van der Waals surface area contributed by atoms with Crippen molar-refractivity contribution in [1.29, 1.82) is 0 Å². The summed E-state index contributed by atoms with van der Waals surface area (Å²) < 4.78 is 32.5. The summed E-state index contributed by atoms with van der Waals surface area (Å²) in [6, 6.07) is 13.8. The molecular formula is C25H28F2N2O5. The van der Waals surface area contributed by atoms with Crippen LogP contribution >= 0.6 is 0 Å². The van der Waals surface area contributed by atoms with Crippen LogP contribution in [0.15, 0.2) is 48.5 Å². The number of alkyl halides is 2. The molecule has 1 aliphatic carbocycles. The van der Waals surface area contributed by atoms with E-state index < -0.39 is 36.9 Å². The Labute approximate surface area is 196 Å². The Kier molecular flexibility index (Phi) is 8.56. The van der Waals surface area contributed by atoms with Gasteiger partial charge in [0.2, 0.25) is 5.91 Å². The van der Waals surface area contributed by atoms with Crippen LogP contribution in [0, 0.1) is 0 Å². The molecule has 0 radical (unpaired) electrons. The molecule has 0 aromatic heterocycles. The summed E-state index contributed by atoms with van der Waals surface area (Å²) in [5.41, 5.74) is 4.07. The monoisotopic (exact) mass is 474 g/mol. The predicted octanol–water partition coefficient (Wildman–Crippen LogP) is 4.26. The number of nitrogens with zero attached hydrogens (tertiary/aromatic N) is 1. The summed E-state index contributed by atoms with van der Waals surface area (Å²) in [6.07, 6.45) is -4.42. The summed E-state index contributed by atoms with van der Waals surface area (Å²) in [4.78, 5) is 36.9. The first kappa shape index (κ1) is 25.1. The van der Waals surface area contributed by atoms with Crippen molar-refractivity contribution in [3.05, 3.63) is 59.7 Å². The van der Waals surface area contributed by atoms with E-state index in [-0.39, 0.29) is 32.0 Å². The first-order valence-electron chi connectivity index (χ1n) is 11.2. The standard InChI is InChI=1S/C25H28F2N2O5/c1-2-12-29(13-11-23(31)32)22(30)14-21(24(26)27)28-25(33)34-15-20-18-9-5-3-7-16(18)17-8-4-6-10-19(17)20/h3-10,20-21,24H,2,11-15H2,1H3,(H,28,33)(H,31,32). The molecular weight excluding hydrogens is 446 g/mol. The molecule has 0 heterocycles. The number of hydrogen-bond donors (Lipinski definition) is 2. The number of benzene rings is 2. The third-order valence-corrected chi connectivity index (χ3v) is 5.79. The summed E-state index contributed by atoms with van der Waals surface area (Å²) in [6.45, 7) is 1.92. The van der Waals surface area contributed by atoms with Crippen molar-refractivity contribution in [2.75, 3.05) is 19.7 Å². The van der Waals surface area contributed by atoms with E-state index in [1.165, 1.54) is 4.90 Å². The van der Waals surface area contributed by atoms with Gasteiger partial charge < -0.3 is 20.1 Å². The minimum absolute atomic E-state index is 0.0374. The van der Waals surface area contributed by atoms with Gasteiger partial charge in [0.25, 0.3) is 6.43 Å². The van der Waals surface area contributed by atoms with Crippen LogP contribution in [0.3, 0.4) is 0 Å². The van der Waals surface area contributed by atoms with E-state index in [0.29, 0.717) is 6.42 Å². The highest BCUT2D eigenvalue weighted by Crippen LogP contribution is 2.44. The number of halogens is 2. The van der Waals surface area contributed by atoms with Crippen LogP contribution in [0.25, 0.3) is 11.1 Å². The zero-order chi connectivity index (χ0) is 24.7. The zero-order valence-electron chi connectivity index (χ0n) is 18.9. The number of amides is 2. The van der Waals surface area contributed by atoms with Crippen molar-refractivity contribution < 1.29 is 33.0 Å². The number of carbonyl (C=O) groups is 3. The Morgan fingerprint density at radius 2 is 1.62 bits per heavy atom. The number of carbonyl (C=O) groups excluding carboxylic acids is 2. The van der Waals surface area contributed by atoms with E-state index >= 15 is 0 Å². The van der Waals surface area contributed by atoms with Gasteiger partial charge in [-0.2, -0.15) is 0 Å². The summed E-state index contributed by atoms with van der Waals surface area (Å²) in [5, 5.41) is 10.9. The van der Waals surface area contributed by atoms with Gasteiger partial charge in [0.15, 0.2) is 0 Å². The fourth-order valence-electron chi connectivity index (χ4n) is 4.17. The van der Waals surface area contributed by atoms with Crippen LogP contribution in [-0.4, -0.2) is 60.1 Å². The van der Waals surface area contributed by atoms with Crippen LogP contribution < -0.4 is 5.32 Å². The molecule has 2 aromatic carbocycles. The molecule has 182 valence electrons. The van der Waals surface area contributed by atoms with Gasteiger partial charge in [0.1, 0.15) is 12.6 Å². The van der Waals surface area contributed by atoms with Crippen LogP contribution in [0.5, 0.6) is 0 Å². The number of fused-ring (bicyclic) bond motifs is 3. The van der Waals surface area contributed by atoms with Crippen LogP contribution in [0.2, 0.25) is 0 Å². The van der Waals surface area contributed by atoms with E-state index in [0.717, 1.165) is 22.3 Å². The maximum Gasteiger partial charge on any atom is 0.407 e. The molecule has 0 saturated carbocycles. The smallest absolute Gasteiger partial charge is 0.407 e. The fraction of sp³-hybridized carbons (Fsp3) is 0.400. The molecule has 0 aliphatic heterocycles. The second-order valence-corrected chi connectivity index (χ2v) is 8.14. The molecule has 2 aromatic rings. The van der Waals surface area contributed by atoms with Crippen molar-refractivity contribution in [1.82, 2.24) is 10.2 Å². The first-order chi connectivity index (χ1) is 16.3. The first-order valence-corrected chi connectivity index (χ1v) is 11.2. The number of rotatable bonds is 11. The van der Waals surface area contributed by atoms with E-state index in [1.807, 2.05) is 48.5 Å². The Hall–Kier alpha value is -3.49. The Morgan fingerprint density at radius 3 is 2.15 bits per heavy atom. The number of carboxylic acids is 1. The van der Waals surface area contributed by atoms with Gasteiger partial charge in [-0.25, -0.2) is 13.6 Å². The number of carboxylic acid groups (broad SMARTS) is 1. The highest BCUT2D eigenvalue weighted by Gasteiger charge is 2.31. The molecule has 3 rings (SSSR count). The number of aliphatic carboxylic acids is 1. The van der Waals surface area contributed by atoms with E-state index in [1.54, 1.807) is 6.92 Å². The lowest BCUT2D eigenvalue weighted by molar-refractivity contribution is -0.138. The molecule has 7 nitrogen and oxygen atoms in total. The van der Waals surface area contributed by atoms with Gasteiger partial charge in [-0.15, -0.1) is 0 Å². The van der Waals surface area contributed by atoms with Gasteiger partial charge in [0, 0.05) is 19.0 Å². The van der Waals surface area contributed by atoms with Crippen LogP contribution in [-0.2, 0) is 14.3 Å². The minimum atomic E-state index is -2.99. The summed E-state index contributed by atoms with van der Waals surface area (Å²) >= 11 is 0. The van der Waals surface area contributed by atoms with Gasteiger partial charge >= 0.3 is 12.1 Å². The van der Waals surface area contributed by atoms with E-state index in [9.17, 15) is 23.2 Å². The zero-order valence-corrected chi connectivity index (χ0v) is 18.9. The lowest BCUT2D eigenvalue weighted by atomic mass is 9.98. The molecule has 2 N–H and O–H groups in total. The van der Waals surface area contributed by atoms with Crippen LogP contribution in [0.1, 0.15) is 43.2 Å². The third-order valence-electron chi connectivity index (χ3n) is 5.79. The van der Waals surface area contributed by atoms with Crippen molar-refractivity contribution in [3.63, 3.8) is 0 Å². The molecule has 0 bridgehead atoms. The highest BCUT2D eigenvalue weighted by molar-refractivity contribution is 5.80. The lowest BCUT2D eigenvalue weighted by Crippen LogP contribution is -2.45. The number of nitrogens with one attached hydrogen (secondary N) is 1. The molecule has 34 heavy (non-hydrogen) atoms. The second kappa shape index (κ2) is 11.6. The normalized spacial score (nSPS) is 13.2. The molecule has 1 aliphatic rings. The number of alkyl carbamates (subject to hydrolysis) is 1. The Balaban J connectivity index is 1.61. The minimum Gasteiger partial charge on any atom is -0.481 e. The van der Waals surface area contributed by atoms with Gasteiger partial charge in [-0.05, 0) is 28.7 Å². The average molecular weight is 475 g/mol. The largest absolute Gasteiger partial charge is 0.481 e. The quantitative estimate of drug-likeness (QED) is 0.507. The molecule has 9 heteroatoms. The number of ether oxygens (including phenoxy) is 1. The predicted molar refractivity (Wildman–Crippen MR) is 122 cm³/mol. The lowest BCUT2D eigenvalue weighted by Gasteiger charge is -2.25. The van der Waals surface area contributed by atoms with Crippen molar-refractivity contribution in [2.24, 2.45) is 0 Å². The summed E-state index contributed by atoms with van der Waals surface area (Å²) in [7, 11) is 0. The van der Waals surface area contributed by atoms with Crippen molar-refractivity contribution in [3.8, 4) is 11.1 Å². The molecule has 2 amide bonds. The molecule has 0 spiro atoms. The topological polar surface area (TPSA) is 95.9 Å². The average Bonchev–Trinajstić information content (AvgIpc) is 3.13. The van der Waals surface area contributed by atoms with Gasteiger partial charge in [-0.3, -0.25) is 9.59 Å². The molecule has 0 saturated heterocycles. The van der Waals surface area contributed by atoms with Crippen LogP contribution in [0.4, 0.5) is 13.6 Å². The van der Waals surface area contributed by atoms with Gasteiger partial charge in [-0.1, -0.05) is 55.5 Å². The van der Waals surface area contributed by atoms with E-state index in [2.05, 4.69) is 5.32 Å². The maximum absolute atomic E-state index is 13.6. The highest BCUT2D eigenvalue weighted by atomic mass is 19.3. The fourth-order valence-corrected chi connectivity index (χ4v) is 4.17. The van der Waals surface area contributed by atoms with E-state index in [4.69, 9.17) is 9.84 Å². The maximum atomic E-state index is 13.6. The second-order valence-electron chi connectivity index (χ2n) is 8.14. The SMILES string of the molecule is CCCN(CCC(=O)O)C(=O)CC(NC(=O)OCC1c2ccccc2-c2ccccc21)C(F)F.